The first kappa shape index (κ1) is 20.5. The monoisotopic (exact) mass is 402 g/mol. The number of thiazole rings is 1. The van der Waals surface area contributed by atoms with E-state index in [4.69, 9.17) is 9.47 Å². The minimum Gasteiger partial charge on any atom is -0.465 e. The SMILES string of the molecule is CCOC(=O)C(CC(C)C)N1COC(=O)C1Cc1csc(-c2ccccc2)n1. The van der Waals surface area contributed by atoms with Crippen molar-refractivity contribution in [2.45, 2.75) is 45.7 Å². The van der Waals surface area contributed by atoms with Gasteiger partial charge in [-0.2, -0.15) is 0 Å². The van der Waals surface area contributed by atoms with Crippen molar-refractivity contribution in [3.05, 3.63) is 41.4 Å². The van der Waals surface area contributed by atoms with Gasteiger partial charge in [0, 0.05) is 17.4 Å². The number of hydrogen-bond donors (Lipinski definition) is 0. The van der Waals surface area contributed by atoms with Gasteiger partial charge in [0.1, 0.15) is 23.8 Å². The highest BCUT2D eigenvalue weighted by atomic mass is 32.1. The molecular weight excluding hydrogens is 376 g/mol. The Hall–Kier alpha value is -2.25. The molecule has 2 unspecified atom stereocenters. The van der Waals surface area contributed by atoms with E-state index < -0.39 is 12.1 Å². The van der Waals surface area contributed by atoms with E-state index >= 15 is 0 Å². The molecule has 1 aromatic carbocycles. The lowest BCUT2D eigenvalue weighted by atomic mass is 10.0. The van der Waals surface area contributed by atoms with E-state index in [1.165, 1.54) is 0 Å². The van der Waals surface area contributed by atoms with E-state index in [0.717, 1.165) is 16.3 Å². The molecule has 0 amide bonds. The Morgan fingerprint density at radius 1 is 1.36 bits per heavy atom. The average Bonchev–Trinajstić information content (AvgIpc) is 3.28. The van der Waals surface area contributed by atoms with Gasteiger partial charge < -0.3 is 9.47 Å². The zero-order valence-electron chi connectivity index (χ0n) is 16.5. The van der Waals surface area contributed by atoms with Crippen LogP contribution in [0.4, 0.5) is 0 Å². The second-order valence-electron chi connectivity index (χ2n) is 7.23. The van der Waals surface area contributed by atoms with Gasteiger partial charge in [-0.3, -0.25) is 9.59 Å². The van der Waals surface area contributed by atoms with Crippen LogP contribution < -0.4 is 0 Å². The number of cyclic esters (lactones) is 1. The lowest BCUT2D eigenvalue weighted by molar-refractivity contribution is -0.151. The molecule has 1 saturated heterocycles. The maximum Gasteiger partial charge on any atom is 0.325 e. The van der Waals surface area contributed by atoms with Crippen LogP contribution in [-0.4, -0.2) is 47.2 Å². The fourth-order valence-electron chi connectivity index (χ4n) is 3.33. The van der Waals surface area contributed by atoms with Crippen LogP contribution >= 0.6 is 11.3 Å². The number of carbonyl (C=O) groups excluding carboxylic acids is 2. The highest BCUT2D eigenvalue weighted by Crippen LogP contribution is 2.27. The standard InChI is InChI=1S/C21H26N2O4S/c1-4-26-20(24)17(10-14(2)3)23-13-27-21(25)18(23)11-16-12-28-19(22-16)15-8-6-5-7-9-15/h5-9,12,14,17-18H,4,10-11,13H2,1-3H3. The number of carbonyl (C=O) groups is 2. The molecule has 0 spiro atoms. The number of nitrogens with zero attached hydrogens (tertiary/aromatic N) is 2. The summed E-state index contributed by atoms with van der Waals surface area (Å²) in [7, 11) is 0. The van der Waals surface area contributed by atoms with Crippen LogP contribution in [0.3, 0.4) is 0 Å². The van der Waals surface area contributed by atoms with Gasteiger partial charge in [0.2, 0.25) is 0 Å². The smallest absolute Gasteiger partial charge is 0.325 e. The summed E-state index contributed by atoms with van der Waals surface area (Å²) < 4.78 is 10.5. The van der Waals surface area contributed by atoms with Gasteiger partial charge >= 0.3 is 11.9 Å². The van der Waals surface area contributed by atoms with Crippen molar-refractivity contribution in [1.29, 1.82) is 0 Å². The maximum absolute atomic E-state index is 12.5. The Morgan fingerprint density at radius 3 is 2.79 bits per heavy atom. The van der Waals surface area contributed by atoms with Crippen LogP contribution in [0.5, 0.6) is 0 Å². The van der Waals surface area contributed by atoms with E-state index in [1.54, 1.807) is 18.3 Å². The fraction of sp³-hybridized carbons (Fsp3) is 0.476. The zero-order valence-corrected chi connectivity index (χ0v) is 17.3. The minimum atomic E-state index is -0.529. The van der Waals surface area contributed by atoms with Crippen molar-refractivity contribution in [3.63, 3.8) is 0 Å². The summed E-state index contributed by atoms with van der Waals surface area (Å²) in [6.45, 7) is 6.30. The number of ether oxygens (including phenoxy) is 2. The van der Waals surface area contributed by atoms with E-state index in [1.807, 2.05) is 54.5 Å². The molecule has 1 aliphatic rings. The predicted octanol–water partition coefficient (Wildman–Crippen LogP) is 3.52. The molecule has 1 aliphatic heterocycles. The summed E-state index contributed by atoms with van der Waals surface area (Å²) in [4.78, 5) is 31.4. The lowest BCUT2D eigenvalue weighted by Gasteiger charge is -2.28. The third kappa shape index (κ3) is 4.77. The summed E-state index contributed by atoms with van der Waals surface area (Å²) in [6, 6.07) is 8.91. The van der Waals surface area contributed by atoms with Crippen LogP contribution in [0.15, 0.2) is 35.7 Å². The van der Waals surface area contributed by atoms with Crippen LogP contribution in [0.1, 0.15) is 32.9 Å². The second kappa shape index (κ2) is 9.30. The maximum atomic E-state index is 12.5. The number of hydrogen-bond acceptors (Lipinski definition) is 7. The predicted molar refractivity (Wildman–Crippen MR) is 108 cm³/mol. The Kier molecular flexibility index (Phi) is 6.80. The minimum absolute atomic E-state index is 0.107. The molecule has 150 valence electrons. The van der Waals surface area contributed by atoms with Gasteiger partial charge in [-0.15, -0.1) is 11.3 Å². The first-order valence-corrected chi connectivity index (χ1v) is 10.5. The number of rotatable bonds is 8. The van der Waals surface area contributed by atoms with E-state index in [0.29, 0.717) is 19.4 Å². The van der Waals surface area contributed by atoms with E-state index in [2.05, 4.69) is 4.98 Å². The molecule has 2 aromatic rings. The molecular formula is C21H26N2O4S. The molecule has 7 heteroatoms. The van der Waals surface area contributed by atoms with Crippen LogP contribution in [0.25, 0.3) is 10.6 Å². The quantitative estimate of drug-likeness (QED) is 0.630. The third-order valence-corrected chi connectivity index (χ3v) is 5.60. The summed E-state index contributed by atoms with van der Waals surface area (Å²) in [5.41, 5.74) is 1.87. The van der Waals surface area contributed by atoms with Crippen molar-refractivity contribution >= 4 is 23.3 Å². The van der Waals surface area contributed by atoms with Gasteiger partial charge in [-0.05, 0) is 19.3 Å². The normalized spacial score (nSPS) is 18.3. The van der Waals surface area contributed by atoms with Crippen LogP contribution in [0, 0.1) is 5.92 Å². The van der Waals surface area contributed by atoms with Gasteiger partial charge in [-0.25, -0.2) is 9.88 Å². The lowest BCUT2D eigenvalue weighted by Crippen LogP contribution is -2.48. The third-order valence-electron chi connectivity index (χ3n) is 4.66. The van der Waals surface area contributed by atoms with Gasteiger partial charge in [0.15, 0.2) is 0 Å². The molecule has 2 atom stereocenters. The molecule has 3 rings (SSSR count). The Balaban J connectivity index is 1.78. The Morgan fingerprint density at radius 2 is 2.11 bits per heavy atom. The molecule has 0 saturated carbocycles. The fourth-order valence-corrected chi connectivity index (χ4v) is 4.17. The van der Waals surface area contributed by atoms with Crippen molar-refractivity contribution in [2.24, 2.45) is 5.92 Å². The summed E-state index contributed by atoms with van der Waals surface area (Å²) in [5, 5.41) is 2.88. The number of benzene rings is 1. The van der Waals surface area contributed by atoms with Crippen molar-refractivity contribution in [1.82, 2.24) is 9.88 Å². The van der Waals surface area contributed by atoms with Crippen molar-refractivity contribution < 1.29 is 19.1 Å². The molecule has 28 heavy (non-hydrogen) atoms. The molecule has 2 heterocycles. The summed E-state index contributed by atoms with van der Waals surface area (Å²) >= 11 is 1.55. The van der Waals surface area contributed by atoms with Gasteiger partial charge in [-0.1, -0.05) is 44.2 Å². The topological polar surface area (TPSA) is 68.7 Å². The average molecular weight is 403 g/mol. The van der Waals surface area contributed by atoms with E-state index in [-0.39, 0.29) is 24.6 Å². The highest BCUT2D eigenvalue weighted by molar-refractivity contribution is 7.13. The molecule has 0 bridgehead atoms. The van der Waals surface area contributed by atoms with Gasteiger partial charge in [0.05, 0.1) is 12.3 Å². The first-order chi connectivity index (χ1) is 13.5. The Labute approximate surface area is 169 Å². The summed E-state index contributed by atoms with van der Waals surface area (Å²) in [5.74, 6) is -0.329. The molecule has 0 N–H and O–H groups in total. The van der Waals surface area contributed by atoms with Crippen LogP contribution in [0.2, 0.25) is 0 Å². The first-order valence-electron chi connectivity index (χ1n) is 9.58. The molecule has 0 aliphatic carbocycles. The van der Waals surface area contributed by atoms with Crippen LogP contribution in [-0.2, 0) is 25.5 Å². The second-order valence-corrected chi connectivity index (χ2v) is 8.09. The summed E-state index contributed by atoms with van der Waals surface area (Å²) in [6.07, 6.45) is 1.02. The van der Waals surface area contributed by atoms with Gasteiger partial charge in [0.25, 0.3) is 0 Å². The Bertz CT molecular complexity index is 806. The van der Waals surface area contributed by atoms with E-state index in [9.17, 15) is 9.59 Å². The molecule has 1 fully saturated rings. The highest BCUT2D eigenvalue weighted by Gasteiger charge is 2.42. The van der Waals surface area contributed by atoms with Crippen molar-refractivity contribution in [3.8, 4) is 10.6 Å². The largest absolute Gasteiger partial charge is 0.465 e. The molecule has 6 nitrogen and oxygen atoms in total. The molecule has 1 aromatic heterocycles. The zero-order chi connectivity index (χ0) is 20.1. The molecule has 0 radical (unpaired) electrons. The number of aromatic nitrogens is 1. The number of esters is 2. The van der Waals surface area contributed by atoms with Crippen molar-refractivity contribution in [2.75, 3.05) is 13.3 Å².